The molecule has 3 aromatic carbocycles. The molecule has 0 atom stereocenters. The molecular formula is C54H54ClF2N9O13S. The lowest BCUT2D eigenvalue weighted by Gasteiger charge is -2.29. The molecule has 9 rings (SSSR count). The smallest absolute Gasteiger partial charge is 0.481 e. The first kappa shape index (κ1) is 58.9. The summed E-state index contributed by atoms with van der Waals surface area (Å²) in [6.45, 7) is 11.2. The first-order valence-corrected chi connectivity index (χ1v) is 26.8. The Hall–Kier alpha value is -8.76. The number of imide groups is 1. The topological polar surface area (TPSA) is 262 Å². The number of benzene rings is 3. The van der Waals surface area contributed by atoms with Gasteiger partial charge in [-0.15, -0.1) is 11.5 Å². The highest BCUT2D eigenvalue weighted by atomic mass is 35.5. The molecule has 0 unspecified atom stereocenters. The number of carbonyl (C=O) groups excluding carboxylic acids is 5. The van der Waals surface area contributed by atoms with Crippen LogP contribution in [0.25, 0.3) is 16.8 Å². The minimum Gasteiger partial charge on any atom is -0.481 e. The Bertz CT molecular complexity index is 3690. The maximum Gasteiger partial charge on any atom is 0.513 e. The van der Waals surface area contributed by atoms with Crippen LogP contribution in [0.4, 0.5) is 30.6 Å². The van der Waals surface area contributed by atoms with Gasteiger partial charge in [0, 0.05) is 30.3 Å². The molecule has 3 amide bonds. The van der Waals surface area contributed by atoms with Crippen LogP contribution in [0.15, 0.2) is 69.6 Å². The number of esters is 1. The monoisotopic (exact) mass is 1140 g/mol. The van der Waals surface area contributed by atoms with Crippen molar-refractivity contribution >= 4 is 74.2 Å². The molecule has 26 heteroatoms. The van der Waals surface area contributed by atoms with Crippen LogP contribution in [0.3, 0.4) is 0 Å². The summed E-state index contributed by atoms with van der Waals surface area (Å²) in [4.78, 5) is 83.6. The maximum absolute atomic E-state index is 14.7. The van der Waals surface area contributed by atoms with Gasteiger partial charge in [-0.2, -0.15) is 32.4 Å². The summed E-state index contributed by atoms with van der Waals surface area (Å²) in [5.41, 5.74) is 5.11. The molecule has 0 spiro atoms. The number of nitrogens with zero attached hydrogens (tertiary/aromatic N) is 8. The van der Waals surface area contributed by atoms with E-state index in [1.807, 2.05) is 20.8 Å². The van der Waals surface area contributed by atoms with Gasteiger partial charge >= 0.3 is 18.1 Å². The maximum atomic E-state index is 14.7. The molecule has 3 aliphatic rings. The number of terminal acetylenes is 1. The van der Waals surface area contributed by atoms with Crippen LogP contribution in [0.2, 0.25) is 5.02 Å². The standard InChI is InChI=1S/C20H26N2O4.C19H15FN2O4.C15H13ClFN5O5S/c1-7-14-10-12(4)11-15(8-2)16(14)17-18(26-20(24)25-9-3)13(5)21-22(6)19(17)23;1-2-7-21-15-9-14(13(20)8-16(15)26-10-17(21)23)22-18(24)11-5-3-4-6-12(11)19(22)25;1-3-27-15-18-10(17)7-11-19-14(20-22(11)15)28(24,25)21-12-8(13(23)26-2)5-4-6-9(12)16/h10-11H,7-9H2,1-6H3;1,8-9H,3-7,10H2;4-7,21H,3H2,1-2H3. The number of nitrogens with one attached hydrogen (secondary N) is 1. The summed E-state index contributed by atoms with van der Waals surface area (Å²) >= 11 is 6.03. The zero-order valence-electron chi connectivity index (χ0n) is 44.7. The van der Waals surface area contributed by atoms with Crippen molar-refractivity contribution in [3.05, 3.63) is 115 Å². The van der Waals surface area contributed by atoms with E-state index in [1.165, 1.54) is 33.8 Å². The normalized spacial score (nSPS) is 13.8. The number of halogens is 3. The molecule has 0 bridgehead atoms. The summed E-state index contributed by atoms with van der Waals surface area (Å²) < 4.78 is 83.4. The highest BCUT2D eigenvalue weighted by Gasteiger charge is 2.42. The molecule has 6 aromatic rings. The number of anilines is 3. The SMILES string of the molecule is C#CCN1C(=O)COc2cc(F)c(N3C(=O)C4=C(CCCC4)C3=O)cc21.CCOC(=O)Oc1c(C)nn(C)c(=O)c1-c1c(CC)cc(C)cc1CC.CCOc1nc(F)cc2nc(S(=O)(=O)Nc3c(Cl)cccc3C(=O)OC)nn12. The first-order valence-electron chi connectivity index (χ1n) is 24.9. The number of para-hydroxylation sites is 1. The molecule has 0 saturated heterocycles. The largest absolute Gasteiger partial charge is 0.513 e. The molecule has 3 aromatic heterocycles. The second kappa shape index (κ2) is 24.9. The van der Waals surface area contributed by atoms with Gasteiger partial charge in [0.25, 0.3) is 38.5 Å². The average molecular weight is 1140 g/mol. The third-order valence-electron chi connectivity index (χ3n) is 12.5. The van der Waals surface area contributed by atoms with E-state index in [9.17, 15) is 46.0 Å². The fourth-order valence-electron chi connectivity index (χ4n) is 9.00. The van der Waals surface area contributed by atoms with Crippen molar-refractivity contribution in [3.63, 3.8) is 0 Å². The Kier molecular flexibility index (Phi) is 18.4. The third-order valence-corrected chi connectivity index (χ3v) is 14.0. The summed E-state index contributed by atoms with van der Waals surface area (Å²) in [7, 11) is -1.66. The molecule has 2 aliphatic heterocycles. The second-order valence-corrected chi connectivity index (χ2v) is 19.7. The Labute approximate surface area is 462 Å². The Balaban J connectivity index is 0.000000174. The Morgan fingerprint density at radius 1 is 0.887 bits per heavy atom. The van der Waals surface area contributed by atoms with Crippen LogP contribution in [0.5, 0.6) is 17.5 Å². The molecule has 0 saturated carbocycles. The number of methoxy groups -OCH3 is 1. The lowest BCUT2D eigenvalue weighted by molar-refractivity contribution is -0.121. The first-order chi connectivity index (χ1) is 38.1. The lowest BCUT2D eigenvalue weighted by Crippen LogP contribution is -2.39. The third kappa shape index (κ3) is 12.1. The molecule has 80 heavy (non-hydrogen) atoms. The molecule has 5 heterocycles. The molecule has 22 nitrogen and oxygen atoms in total. The molecule has 1 aliphatic carbocycles. The molecule has 420 valence electrons. The number of hydrogen-bond donors (Lipinski definition) is 1. The number of amides is 3. The fraction of sp³-hybridized carbons (Fsp3) is 0.333. The van der Waals surface area contributed by atoms with Crippen LogP contribution < -0.4 is 34.3 Å². The van der Waals surface area contributed by atoms with Gasteiger partial charge in [0.05, 0.1) is 60.1 Å². The number of aryl methyl sites for hydroxylation is 5. The summed E-state index contributed by atoms with van der Waals surface area (Å²) in [5.74, 6) is -1.14. The van der Waals surface area contributed by atoms with Gasteiger partial charge in [-0.1, -0.05) is 55.1 Å². The summed E-state index contributed by atoms with van der Waals surface area (Å²) in [6.07, 6.45) is 8.69. The Morgan fingerprint density at radius 3 is 2.15 bits per heavy atom. The van der Waals surface area contributed by atoms with E-state index >= 15 is 0 Å². The molecule has 1 N–H and O–H groups in total. The van der Waals surface area contributed by atoms with E-state index in [2.05, 4.69) is 47.7 Å². The van der Waals surface area contributed by atoms with Crippen molar-refractivity contribution < 1.29 is 64.9 Å². The van der Waals surface area contributed by atoms with Gasteiger partial charge in [0.15, 0.2) is 23.8 Å². The van der Waals surface area contributed by atoms with Crippen molar-refractivity contribution in [2.45, 2.75) is 85.2 Å². The zero-order chi connectivity index (χ0) is 58.3. The Morgan fingerprint density at radius 2 is 1.55 bits per heavy atom. The number of ether oxygens (including phenoxy) is 5. The predicted molar refractivity (Wildman–Crippen MR) is 287 cm³/mol. The van der Waals surface area contributed by atoms with Crippen molar-refractivity contribution in [2.24, 2.45) is 7.05 Å². The van der Waals surface area contributed by atoms with E-state index in [4.69, 9.17) is 37.0 Å². The van der Waals surface area contributed by atoms with Crippen molar-refractivity contribution in [1.29, 1.82) is 0 Å². The number of hydrogen-bond acceptors (Lipinski definition) is 17. The van der Waals surface area contributed by atoms with Crippen molar-refractivity contribution in [2.75, 3.05) is 48.0 Å². The van der Waals surface area contributed by atoms with E-state index < -0.39 is 50.9 Å². The van der Waals surface area contributed by atoms with Gasteiger partial charge in [-0.05, 0) is 101 Å². The minimum atomic E-state index is -4.40. The average Bonchev–Trinajstić information content (AvgIpc) is 4.02. The van der Waals surface area contributed by atoms with Gasteiger partial charge in [-0.3, -0.25) is 28.8 Å². The zero-order valence-corrected chi connectivity index (χ0v) is 46.3. The van der Waals surface area contributed by atoms with E-state index in [0.717, 1.165) is 76.6 Å². The molecule has 0 fully saturated rings. The van der Waals surface area contributed by atoms with E-state index in [-0.39, 0.29) is 88.6 Å². The van der Waals surface area contributed by atoms with Crippen molar-refractivity contribution in [1.82, 2.24) is 29.4 Å². The number of fused-ring (bicyclic) bond motifs is 2. The number of rotatable bonds is 13. The summed E-state index contributed by atoms with van der Waals surface area (Å²) in [6, 6.07) is 11.3. The van der Waals surface area contributed by atoms with Crippen LogP contribution in [-0.2, 0) is 53.8 Å². The van der Waals surface area contributed by atoms with Gasteiger partial charge in [0.1, 0.15) is 11.4 Å². The lowest BCUT2D eigenvalue weighted by atomic mass is 9.90. The van der Waals surface area contributed by atoms with Crippen molar-refractivity contribution in [3.8, 4) is 41.0 Å². The van der Waals surface area contributed by atoms with Crippen LogP contribution in [0, 0.1) is 38.0 Å². The van der Waals surface area contributed by atoms with Crippen LogP contribution >= 0.6 is 11.6 Å². The number of aromatic nitrogens is 6. The minimum absolute atomic E-state index is 0.0170. The van der Waals surface area contributed by atoms with Crippen LogP contribution in [-0.4, -0.2) is 101 Å². The molecule has 0 radical (unpaired) electrons. The predicted octanol–water partition coefficient (Wildman–Crippen LogP) is 7.56. The number of carbonyl (C=O) groups is 5. The van der Waals surface area contributed by atoms with Gasteiger partial charge in [-0.25, -0.2) is 23.6 Å². The quantitative estimate of drug-likeness (QED) is 0.0506. The highest BCUT2D eigenvalue weighted by molar-refractivity contribution is 7.92. The highest BCUT2D eigenvalue weighted by Crippen LogP contribution is 2.42. The van der Waals surface area contributed by atoms with Gasteiger partial charge in [0.2, 0.25) is 5.95 Å². The summed E-state index contributed by atoms with van der Waals surface area (Å²) in [5, 5.41) is 7.24. The van der Waals surface area contributed by atoms with E-state index in [0.29, 0.717) is 35.2 Å². The fourth-order valence-corrected chi connectivity index (χ4v) is 10.3. The van der Waals surface area contributed by atoms with Crippen LogP contribution in [0.1, 0.15) is 86.1 Å². The van der Waals surface area contributed by atoms with Gasteiger partial charge < -0.3 is 23.7 Å². The second-order valence-electron chi connectivity index (χ2n) is 17.7. The molecular weight excluding hydrogens is 1090 g/mol. The number of sulfonamides is 1. The van der Waals surface area contributed by atoms with E-state index in [1.54, 1.807) is 27.8 Å².